The molecule has 19 heavy (non-hydrogen) atoms. The van der Waals surface area contributed by atoms with E-state index in [-0.39, 0.29) is 11.8 Å². The number of benzene rings is 1. The second-order valence-electron chi connectivity index (χ2n) is 4.19. The van der Waals surface area contributed by atoms with Crippen LogP contribution in [0, 0.1) is 0 Å². The maximum atomic E-state index is 11.9. The van der Waals surface area contributed by atoms with E-state index in [1.54, 1.807) is 18.2 Å². The molecular formula is C14H14O5. The summed E-state index contributed by atoms with van der Waals surface area (Å²) in [5.74, 6) is 0.246. The number of hydrogen-bond acceptors (Lipinski definition) is 4. The molecule has 0 aliphatic carbocycles. The number of rotatable bonds is 5. The van der Waals surface area contributed by atoms with Crippen molar-refractivity contribution in [1.29, 1.82) is 0 Å². The summed E-state index contributed by atoms with van der Waals surface area (Å²) in [7, 11) is 1.54. The third kappa shape index (κ3) is 3.13. The first kappa shape index (κ1) is 13.1. The van der Waals surface area contributed by atoms with Crippen LogP contribution in [-0.2, 0) is 11.2 Å². The molecule has 0 bridgehead atoms. The number of fused-ring (bicyclic) bond motifs is 1. The van der Waals surface area contributed by atoms with Crippen molar-refractivity contribution >= 4 is 16.9 Å². The van der Waals surface area contributed by atoms with Crippen LogP contribution in [0.25, 0.3) is 11.0 Å². The van der Waals surface area contributed by atoms with Crippen molar-refractivity contribution < 1.29 is 19.1 Å². The molecule has 5 heteroatoms. The van der Waals surface area contributed by atoms with Gasteiger partial charge in [-0.3, -0.25) is 9.59 Å². The summed E-state index contributed by atoms with van der Waals surface area (Å²) >= 11 is 0. The Morgan fingerprint density at radius 2 is 2.16 bits per heavy atom. The SMILES string of the molecule is COc1ccc2c(=O)cc(CCCC(=O)O)oc2c1. The van der Waals surface area contributed by atoms with E-state index in [0.29, 0.717) is 35.3 Å². The quantitative estimate of drug-likeness (QED) is 0.893. The molecule has 0 unspecified atom stereocenters. The maximum absolute atomic E-state index is 11.9. The first-order valence-corrected chi connectivity index (χ1v) is 5.92. The number of methoxy groups -OCH3 is 1. The number of aryl methyl sites for hydroxylation is 1. The molecule has 0 aliphatic heterocycles. The third-order valence-electron chi connectivity index (χ3n) is 2.80. The highest BCUT2D eigenvalue weighted by Crippen LogP contribution is 2.19. The number of carboxylic acids is 1. The van der Waals surface area contributed by atoms with Gasteiger partial charge in [-0.1, -0.05) is 0 Å². The Kier molecular flexibility index (Phi) is 3.85. The average Bonchev–Trinajstić information content (AvgIpc) is 2.37. The molecule has 0 atom stereocenters. The van der Waals surface area contributed by atoms with Crippen LogP contribution >= 0.6 is 0 Å². The van der Waals surface area contributed by atoms with E-state index in [2.05, 4.69) is 0 Å². The molecule has 5 nitrogen and oxygen atoms in total. The van der Waals surface area contributed by atoms with E-state index >= 15 is 0 Å². The molecule has 0 saturated heterocycles. The molecule has 1 aromatic heterocycles. The minimum absolute atomic E-state index is 0.0554. The summed E-state index contributed by atoms with van der Waals surface area (Å²) in [4.78, 5) is 22.3. The van der Waals surface area contributed by atoms with E-state index in [0.717, 1.165) is 0 Å². The third-order valence-corrected chi connectivity index (χ3v) is 2.80. The van der Waals surface area contributed by atoms with Crippen molar-refractivity contribution in [2.24, 2.45) is 0 Å². The van der Waals surface area contributed by atoms with Gasteiger partial charge < -0.3 is 14.3 Å². The smallest absolute Gasteiger partial charge is 0.303 e. The first-order valence-electron chi connectivity index (χ1n) is 5.92. The summed E-state index contributed by atoms with van der Waals surface area (Å²) in [6, 6.07) is 6.42. The second kappa shape index (κ2) is 5.56. The van der Waals surface area contributed by atoms with Crippen LogP contribution in [0.5, 0.6) is 5.75 Å². The van der Waals surface area contributed by atoms with Gasteiger partial charge in [-0.2, -0.15) is 0 Å². The summed E-state index contributed by atoms with van der Waals surface area (Å²) in [5.41, 5.74) is 0.325. The van der Waals surface area contributed by atoms with Gasteiger partial charge in [0.2, 0.25) is 0 Å². The lowest BCUT2D eigenvalue weighted by Crippen LogP contribution is -2.03. The fourth-order valence-electron chi connectivity index (χ4n) is 1.85. The van der Waals surface area contributed by atoms with Crippen molar-refractivity contribution in [2.45, 2.75) is 19.3 Å². The van der Waals surface area contributed by atoms with E-state index in [1.165, 1.54) is 13.2 Å². The number of carbonyl (C=O) groups is 1. The molecule has 0 aliphatic rings. The predicted molar refractivity (Wildman–Crippen MR) is 69.6 cm³/mol. The molecule has 0 spiro atoms. The van der Waals surface area contributed by atoms with E-state index in [9.17, 15) is 9.59 Å². The van der Waals surface area contributed by atoms with Gasteiger partial charge in [0.25, 0.3) is 0 Å². The zero-order valence-corrected chi connectivity index (χ0v) is 10.5. The lowest BCUT2D eigenvalue weighted by molar-refractivity contribution is -0.137. The largest absolute Gasteiger partial charge is 0.497 e. The highest BCUT2D eigenvalue weighted by atomic mass is 16.5. The van der Waals surface area contributed by atoms with Gasteiger partial charge in [0.1, 0.15) is 17.1 Å². The summed E-state index contributed by atoms with van der Waals surface area (Å²) in [5, 5.41) is 9.07. The molecule has 0 radical (unpaired) electrons. The fourth-order valence-corrected chi connectivity index (χ4v) is 1.85. The van der Waals surface area contributed by atoms with Gasteiger partial charge in [-0.25, -0.2) is 0 Å². The van der Waals surface area contributed by atoms with E-state index in [4.69, 9.17) is 14.3 Å². The van der Waals surface area contributed by atoms with Gasteiger partial charge in [-0.15, -0.1) is 0 Å². The van der Waals surface area contributed by atoms with Crippen molar-refractivity contribution in [3.63, 3.8) is 0 Å². The van der Waals surface area contributed by atoms with Crippen molar-refractivity contribution in [3.05, 3.63) is 40.2 Å². The predicted octanol–water partition coefficient (Wildman–Crippen LogP) is 2.21. The molecule has 1 heterocycles. The molecule has 0 amide bonds. The van der Waals surface area contributed by atoms with Crippen molar-refractivity contribution in [3.8, 4) is 5.75 Å². The van der Waals surface area contributed by atoms with Gasteiger partial charge in [-0.05, 0) is 18.6 Å². The molecule has 0 saturated carbocycles. The molecular weight excluding hydrogens is 248 g/mol. The summed E-state index contributed by atoms with van der Waals surface area (Å²) in [6.45, 7) is 0. The highest BCUT2D eigenvalue weighted by Gasteiger charge is 2.07. The van der Waals surface area contributed by atoms with Gasteiger partial charge in [0.15, 0.2) is 5.43 Å². The fraction of sp³-hybridized carbons (Fsp3) is 0.286. The van der Waals surface area contributed by atoms with Crippen molar-refractivity contribution in [1.82, 2.24) is 0 Å². The molecule has 0 fully saturated rings. The Morgan fingerprint density at radius 3 is 2.84 bits per heavy atom. The number of carboxylic acid groups (broad SMARTS) is 1. The van der Waals surface area contributed by atoms with E-state index < -0.39 is 5.97 Å². The minimum atomic E-state index is -0.857. The lowest BCUT2D eigenvalue weighted by Gasteiger charge is -2.04. The Bertz CT molecular complexity index is 656. The van der Waals surface area contributed by atoms with Crippen LogP contribution in [0.1, 0.15) is 18.6 Å². The van der Waals surface area contributed by atoms with Gasteiger partial charge in [0, 0.05) is 25.0 Å². The van der Waals surface area contributed by atoms with Crippen LogP contribution < -0.4 is 10.2 Å². The van der Waals surface area contributed by atoms with Gasteiger partial charge >= 0.3 is 5.97 Å². The number of hydrogen-bond donors (Lipinski definition) is 1. The minimum Gasteiger partial charge on any atom is -0.497 e. The monoisotopic (exact) mass is 262 g/mol. The summed E-state index contributed by atoms with van der Waals surface area (Å²) < 4.78 is 10.7. The molecule has 2 rings (SSSR count). The van der Waals surface area contributed by atoms with E-state index in [1.807, 2.05) is 0 Å². The Labute approximate surface area is 109 Å². The number of ether oxygens (including phenoxy) is 1. The number of aliphatic carboxylic acids is 1. The van der Waals surface area contributed by atoms with Crippen LogP contribution in [0.4, 0.5) is 0 Å². The second-order valence-corrected chi connectivity index (χ2v) is 4.19. The van der Waals surface area contributed by atoms with Crippen LogP contribution in [0.2, 0.25) is 0 Å². The molecule has 1 aromatic carbocycles. The van der Waals surface area contributed by atoms with Crippen LogP contribution in [0.15, 0.2) is 33.5 Å². The average molecular weight is 262 g/mol. The first-order chi connectivity index (χ1) is 9.10. The van der Waals surface area contributed by atoms with Gasteiger partial charge in [0.05, 0.1) is 12.5 Å². The molecule has 2 aromatic rings. The highest BCUT2D eigenvalue weighted by molar-refractivity contribution is 5.78. The lowest BCUT2D eigenvalue weighted by atomic mass is 10.1. The molecule has 100 valence electrons. The Morgan fingerprint density at radius 1 is 1.37 bits per heavy atom. The zero-order chi connectivity index (χ0) is 13.8. The van der Waals surface area contributed by atoms with Crippen LogP contribution in [-0.4, -0.2) is 18.2 Å². The van der Waals surface area contributed by atoms with Crippen molar-refractivity contribution in [2.75, 3.05) is 7.11 Å². The van der Waals surface area contributed by atoms with Crippen LogP contribution in [0.3, 0.4) is 0 Å². The standard InChI is InChI=1S/C14H14O5/c1-18-9-5-6-11-12(15)7-10(19-13(11)8-9)3-2-4-14(16)17/h5-8H,2-4H2,1H3,(H,16,17). The molecule has 1 N–H and O–H groups in total. The Balaban J connectivity index is 2.31. The summed E-state index contributed by atoms with van der Waals surface area (Å²) in [6.07, 6.45) is 0.919. The Hall–Kier alpha value is -2.30. The normalized spacial score (nSPS) is 10.6. The maximum Gasteiger partial charge on any atom is 0.303 e. The topological polar surface area (TPSA) is 76.7 Å². The zero-order valence-electron chi connectivity index (χ0n) is 10.5.